The Morgan fingerprint density at radius 1 is 0.518 bits per heavy atom. The fourth-order valence-electron chi connectivity index (χ4n) is 6.46. The van der Waals surface area contributed by atoms with Crippen LogP contribution in [0.3, 0.4) is 0 Å². The Hall–Kier alpha value is -3.92. The molecule has 13 heteroatoms. The lowest BCUT2D eigenvalue weighted by molar-refractivity contribution is 0.382. The summed E-state index contributed by atoms with van der Waals surface area (Å²) in [5.74, 6) is -25.3. The molecule has 0 saturated heterocycles. The van der Waals surface area contributed by atoms with Crippen molar-refractivity contribution in [3.8, 4) is 0 Å². The molecule has 4 aromatic carbocycles. The number of hydrogen-bond donors (Lipinski definition) is 1. The highest BCUT2D eigenvalue weighted by Crippen LogP contribution is 2.54. The largest absolute Gasteiger partial charge is 0.299 e. The van der Waals surface area contributed by atoms with Crippen molar-refractivity contribution < 1.29 is 43.9 Å². The van der Waals surface area contributed by atoms with Crippen molar-refractivity contribution >= 4 is 36.3 Å². The summed E-state index contributed by atoms with van der Waals surface area (Å²) >= 11 is 0. The molecule has 0 aliphatic carbocycles. The van der Waals surface area contributed by atoms with Crippen molar-refractivity contribution in [1.29, 1.82) is 5.41 Å². The standard InChI is InChI=1S/C43H45BF10NP/c1-40(2,3)20-25(44(26-28(45)32(49)36(53)33(50)29(26)46)27-30(47)34(51)37(54)35(52)31(27)48)56(39(55)21-16-14-13-15-17-21)38-23(42(7,8)9)18-22(41(4,5)6)19-24(38)43(10,11)12/h13-20,55H,1-12H3/b25-20+,55-39?. The van der Waals surface area contributed by atoms with Gasteiger partial charge in [0.25, 0.3) is 6.71 Å². The van der Waals surface area contributed by atoms with Crippen LogP contribution in [-0.4, -0.2) is 12.2 Å². The smallest absolute Gasteiger partial charge is 0.258 e. The molecule has 0 aromatic heterocycles. The second-order valence-corrected chi connectivity index (χ2v) is 20.1. The average molecular weight is 808 g/mol. The third-order valence-electron chi connectivity index (χ3n) is 9.29. The molecule has 1 nitrogen and oxygen atoms in total. The molecule has 4 rings (SSSR count). The highest BCUT2D eigenvalue weighted by molar-refractivity contribution is 7.88. The lowest BCUT2D eigenvalue weighted by Gasteiger charge is -2.39. The topological polar surface area (TPSA) is 23.9 Å². The van der Waals surface area contributed by atoms with E-state index in [9.17, 15) is 14.2 Å². The molecule has 300 valence electrons. The SMILES string of the molecule is CC(C)(C)/C=C(\B(c1c(F)c(F)c(F)c(F)c1F)c1c(F)c(F)c(F)c(F)c1F)P(C(=N)c1ccccc1)c1c(C(C)(C)C)cc(C(C)(C)C)cc1C(C)(C)C. The van der Waals surface area contributed by atoms with Gasteiger partial charge in [-0.3, -0.25) is 5.41 Å². The first kappa shape index (κ1) is 44.8. The molecule has 56 heavy (non-hydrogen) atoms. The molecule has 0 fully saturated rings. The van der Waals surface area contributed by atoms with E-state index in [1.807, 2.05) is 74.4 Å². The second kappa shape index (κ2) is 15.4. The Bertz CT molecular complexity index is 2060. The van der Waals surface area contributed by atoms with E-state index in [-0.39, 0.29) is 11.0 Å². The number of halogens is 10. The molecule has 0 spiro atoms. The maximum atomic E-state index is 16.3. The minimum Gasteiger partial charge on any atom is -0.299 e. The predicted molar refractivity (Wildman–Crippen MR) is 207 cm³/mol. The second-order valence-electron chi connectivity index (χ2n) is 18.1. The van der Waals surface area contributed by atoms with Crippen molar-refractivity contribution in [2.24, 2.45) is 5.41 Å². The molecule has 0 aliphatic rings. The zero-order valence-corrected chi connectivity index (χ0v) is 34.3. The van der Waals surface area contributed by atoms with Gasteiger partial charge in [-0.25, -0.2) is 43.9 Å². The first-order valence-electron chi connectivity index (χ1n) is 17.8. The highest BCUT2D eigenvalue weighted by atomic mass is 31.1. The fraction of sp³-hybridized carbons (Fsp3) is 0.372. The Kier molecular flexibility index (Phi) is 12.4. The Morgan fingerprint density at radius 3 is 1.16 bits per heavy atom. The van der Waals surface area contributed by atoms with Crippen LogP contribution in [0.2, 0.25) is 0 Å². The van der Waals surface area contributed by atoms with Crippen molar-refractivity contribution in [2.45, 2.75) is 99.3 Å². The number of nitrogens with one attached hydrogen (secondary N) is 1. The van der Waals surface area contributed by atoms with Gasteiger partial charge in [0, 0.05) is 16.5 Å². The third-order valence-corrected chi connectivity index (χ3v) is 11.8. The molecular formula is C43H45BF10NP. The van der Waals surface area contributed by atoms with Gasteiger partial charge in [-0.1, -0.05) is 137 Å². The van der Waals surface area contributed by atoms with E-state index in [4.69, 9.17) is 0 Å². The molecule has 1 unspecified atom stereocenters. The van der Waals surface area contributed by atoms with Crippen molar-refractivity contribution in [2.75, 3.05) is 0 Å². The molecule has 1 N–H and O–H groups in total. The zero-order chi connectivity index (χ0) is 42.8. The highest BCUT2D eigenvalue weighted by Gasteiger charge is 2.47. The van der Waals surface area contributed by atoms with Crippen LogP contribution in [0.15, 0.2) is 53.8 Å². The molecule has 0 heterocycles. The normalized spacial score (nSPS) is 13.6. The van der Waals surface area contributed by atoms with Crippen LogP contribution < -0.4 is 16.2 Å². The molecular weight excluding hydrogens is 762 g/mol. The van der Waals surface area contributed by atoms with E-state index in [0.29, 0.717) is 16.4 Å². The molecule has 1 atom stereocenters. The molecule has 0 amide bonds. The Labute approximate surface area is 324 Å². The predicted octanol–water partition coefficient (Wildman–Crippen LogP) is 11.9. The summed E-state index contributed by atoms with van der Waals surface area (Å²) in [5, 5.41) is 9.77. The van der Waals surface area contributed by atoms with Crippen LogP contribution in [0.1, 0.15) is 105 Å². The van der Waals surface area contributed by atoms with E-state index >= 15 is 35.1 Å². The quantitative estimate of drug-likeness (QED) is 0.0480. The van der Waals surface area contributed by atoms with Gasteiger partial charge in [-0.2, -0.15) is 0 Å². The fourth-order valence-corrected chi connectivity index (χ4v) is 9.92. The minimum atomic E-state index is -2.85. The van der Waals surface area contributed by atoms with Crippen molar-refractivity contribution in [3.63, 3.8) is 0 Å². The van der Waals surface area contributed by atoms with E-state index in [1.54, 1.807) is 39.0 Å². The summed E-state index contributed by atoms with van der Waals surface area (Å²) in [6.07, 6.45) is 1.27. The molecule has 0 radical (unpaired) electrons. The Morgan fingerprint density at radius 2 is 0.857 bits per heavy atom. The zero-order valence-electron chi connectivity index (χ0n) is 33.4. The summed E-state index contributed by atoms with van der Waals surface area (Å²) in [7, 11) is -2.73. The van der Waals surface area contributed by atoms with Gasteiger partial charge in [-0.15, -0.1) is 0 Å². The van der Waals surface area contributed by atoms with Gasteiger partial charge >= 0.3 is 0 Å². The van der Waals surface area contributed by atoms with Crippen LogP contribution in [-0.2, 0) is 16.2 Å². The van der Waals surface area contributed by atoms with Gasteiger partial charge in [0.1, 0.15) is 0 Å². The molecule has 0 aliphatic heterocycles. The van der Waals surface area contributed by atoms with Gasteiger partial charge in [0.15, 0.2) is 58.2 Å². The lowest BCUT2D eigenvalue weighted by Crippen LogP contribution is -2.53. The van der Waals surface area contributed by atoms with Crippen molar-refractivity contribution in [3.05, 3.63) is 134 Å². The van der Waals surface area contributed by atoms with Crippen LogP contribution in [0.5, 0.6) is 0 Å². The van der Waals surface area contributed by atoms with Gasteiger partial charge in [0.2, 0.25) is 0 Å². The van der Waals surface area contributed by atoms with Gasteiger partial charge < -0.3 is 0 Å². The van der Waals surface area contributed by atoms with Gasteiger partial charge in [0.05, 0.1) is 5.45 Å². The maximum absolute atomic E-state index is 16.3. The van der Waals surface area contributed by atoms with E-state index in [1.165, 1.54) is 18.2 Å². The number of hydrogen-bond acceptors (Lipinski definition) is 1. The number of allylic oxidation sites excluding steroid dienone is 1. The van der Waals surface area contributed by atoms with Crippen LogP contribution in [0, 0.1) is 69.0 Å². The van der Waals surface area contributed by atoms with Crippen LogP contribution >= 0.6 is 7.92 Å². The Balaban J connectivity index is 2.49. The molecule has 4 aromatic rings. The van der Waals surface area contributed by atoms with Crippen LogP contribution in [0.25, 0.3) is 0 Å². The summed E-state index contributed by atoms with van der Waals surface area (Å²) < 4.78 is 155. The van der Waals surface area contributed by atoms with E-state index in [0.717, 1.165) is 5.56 Å². The third kappa shape index (κ3) is 8.51. The number of benzene rings is 4. The van der Waals surface area contributed by atoms with Gasteiger partial charge in [-0.05, 0) is 51.6 Å². The average Bonchev–Trinajstić information content (AvgIpc) is 3.09. The minimum absolute atomic E-state index is 0.214. The summed E-state index contributed by atoms with van der Waals surface area (Å²) in [6.45, 7) is 19.0. The molecule has 0 saturated carbocycles. The first-order valence-corrected chi connectivity index (χ1v) is 19.2. The maximum Gasteiger partial charge on any atom is 0.258 e. The van der Waals surface area contributed by atoms with Crippen molar-refractivity contribution in [1.82, 2.24) is 0 Å². The monoisotopic (exact) mass is 807 g/mol. The van der Waals surface area contributed by atoms with E-state index in [2.05, 4.69) is 0 Å². The summed E-state index contributed by atoms with van der Waals surface area (Å²) in [5.41, 5.74) is -4.99. The van der Waals surface area contributed by atoms with E-state index < -0.39 is 111 Å². The molecule has 0 bridgehead atoms. The number of rotatable bonds is 7. The summed E-state index contributed by atoms with van der Waals surface area (Å²) in [4.78, 5) is 0. The lowest BCUT2D eigenvalue weighted by atomic mass is 9.39. The van der Waals surface area contributed by atoms with Crippen LogP contribution in [0.4, 0.5) is 43.9 Å². The first-order chi connectivity index (χ1) is 25.4. The summed E-state index contributed by atoms with van der Waals surface area (Å²) in [6, 6.07) is 11.7.